The van der Waals surface area contributed by atoms with Crippen molar-refractivity contribution in [2.75, 3.05) is 27.4 Å². The van der Waals surface area contributed by atoms with E-state index in [1.165, 1.54) is 7.11 Å². The van der Waals surface area contributed by atoms with Crippen molar-refractivity contribution in [2.24, 2.45) is 4.99 Å². The summed E-state index contributed by atoms with van der Waals surface area (Å²) in [5, 5.41) is 11.0. The van der Waals surface area contributed by atoms with Crippen LogP contribution in [0.4, 0.5) is 10.5 Å². The van der Waals surface area contributed by atoms with Gasteiger partial charge in [-0.15, -0.1) is 0 Å². The minimum Gasteiger partial charge on any atom is -0.491 e. The van der Waals surface area contributed by atoms with Crippen LogP contribution in [0.3, 0.4) is 0 Å². The van der Waals surface area contributed by atoms with E-state index in [9.17, 15) is 9.59 Å². The van der Waals surface area contributed by atoms with Crippen LogP contribution >= 0.6 is 0 Å². The van der Waals surface area contributed by atoms with E-state index in [0.717, 1.165) is 44.8 Å². The summed E-state index contributed by atoms with van der Waals surface area (Å²) in [6.07, 6.45) is 0.503. The van der Waals surface area contributed by atoms with Crippen LogP contribution in [0, 0.1) is 0 Å². The topological polar surface area (TPSA) is 115 Å². The molecule has 1 aliphatic heterocycles. The Labute approximate surface area is 213 Å². The molecule has 5 rings (SSSR count). The third-order valence-electron chi connectivity index (χ3n) is 6.18. The molecule has 3 aromatic carbocycles. The molecule has 9 nitrogen and oxygen atoms in total. The molecule has 188 valence electrons. The Morgan fingerprint density at radius 2 is 1.86 bits per heavy atom. The number of amides is 1. The summed E-state index contributed by atoms with van der Waals surface area (Å²) < 4.78 is 15.9. The molecule has 2 heterocycles. The number of fused-ring (bicyclic) bond motifs is 2. The Bertz CT molecular complexity index is 1560. The summed E-state index contributed by atoms with van der Waals surface area (Å²) in [7, 11) is 2.95. The van der Waals surface area contributed by atoms with Crippen molar-refractivity contribution in [1.29, 1.82) is 0 Å². The normalized spacial score (nSPS) is 12.2. The lowest BCUT2D eigenvalue weighted by Crippen LogP contribution is -2.30. The Hall–Kier alpha value is -4.50. The number of amidine groups is 1. The lowest BCUT2D eigenvalue weighted by molar-refractivity contribution is 0.146. The number of hydrogen-bond donors (Lipinski definition) is 2. The van der Waals surface area contributed by atoms with Gasteiger partial charge in [0.15, 0.2) is 0 Å². The number of aromatic nitrogens is 2. The highest BCUT2D eigenvalue weighted by Crippen LogP contribution is 2.37. The van der Waals surface area contributed by atoms with Gasteiger partial charge in [-0.2, -0.15) is 5.10 Å². The number of aliphatic imine (C=N–C) groups is 1. The average Bonchev–Trinajstić information content (AvgIpc) is 3.32. The largest absolute Gasteiger partial charge is 0.491 e. The second-order valence-corrected chi connectivity index (χ2v) is 8.59. The molecule has 9 heteroatoms. The van der Waals surface area contributed by atoms with Crippen molar-refractivity contribution < 1.29 is 19.0 Å². The van der Waals surface area contributed by atoms with Crippen molar-refractivity contribution in [3.05, 3.63) is 87.8 Å². The number of methoxy groups -OCH3 is 2. The van der Waals surface area contributed by atoms with E-state index in [1.54, 1.807) is 13.2 Å². The summed E-state index contributed by atoms with van der Waals surface area (Å²) in [5.41, 5.74) is 5.20. The molecule has 1 aromatic heterocycles. The number of rotatable bonds is 7. The van der Waals surface area contributed by atoms with Crippen LogP contribution in [-0.4, -0.2) is 49.6 Å². The molecule has 1 amide bonds. The molecule has 0 spiro atoms. The van der Waals surface area contributed by atoms with Crippen molar-refractivity contribution in [1.82, 2.24) is 15.5 Å². The standard InChI is InChI=1S/C28H26N4O5/c1-35-11-12-37-25-10-7-17(14-24-20-5-3-4-6-21(20)27(33)32-31-24)13-22(25)18-8-9-19-16-26(29-23(19)15-18)30-28(34)36-2/h3-10,13,15H,11-12,14,16H2,1-2H3,(H,32,33)(H,29,30,34). The van der Waals surface area contributed by atoms with Gasteiger partial charge in [0.1, 0.15) is 18.2 Å². The van der Waals surface area contributed by atoms with Crippen LogP contribution in [0.2, 0.25) is 0 Å². The average molecular weight is 499 g/mol. The van der Waals surface area contributed by atoms with Gasteiger partial charge >= 0.3 is 6.09 Å². The van der Waals surface area contributed by atoms with E-state index in [4.69, 9.17) is 9.47 Å². The number of hydrogen-bond acceptors (Lipinski definition) is 7. The summed E-state index contributed by atoms with van der Waals surface area (Å²) in [4.78, 5) is 28.4. The SMILES string of the molecule is COCCOc1ccc(Cc2n[nH]c(=O)c3ccccc23)cc1-c1ccc2c(c1)N=C(NC(=O)OC)C2. The zero-order chi connectivity index (χ0) is 25.8. The van der Waals surface area contributed by atoms with Crippen molar-refractivity contribution in [3.63, 3.8) is 0 Å². The number of nitrogens with one attached hydrogen (secondary N) is 2. The number of aromatic amines is 1. The van der Waals surface area contributed by atoms with Gasteiger partial charge in [-0.3, -0.25) is 10.1 Å². The Balaban J connectivity index is 1.51. The van der Waals surface area contributed by atoms with Gasteiger partial charge in [-0.05, 0) is 41.0 Å². The first-order valence-corrected chi connectivity index (χ1v) is 11.8. The van der Waals surface area contributed by atoms with Crippen molar-refractivity contribution in [3.8, 4) is 16.9 Å². The summed E-state index contributed by atoms with van der Waals surface area (Å²) >= 11 is 0. The molecule has 0 saturated heterocycles. The van der Waals surface area contributed by atoms with Gasteiger partial charge in [0.05, 0.1) is 30.5 Å². The molecule has 1 aliphatic rings. The summed E-state index contributed by atoms with van der Waals surface area (Å²) in [5.74, 6) is 1.26. The van der Waals surface area contributed by atoms with E-state index in [0.29, 0.717) is 37.3 Å². The monoisotopic (exact) mass is 498 g/mol. The zero-order valence-electron chi connectivity index (χ0n) is 20.5. The summed E-state index contributed by atoms with van der Waals surface area (Å²) in [6.45, 7) is 0.872. The number of ether oxygens (including phenoxy) is 3. The molecular formula is C28H26N4O5. The zero-order valence-corrected chi connectivity index (χ0v) is 20.5. The van der Waals surface area contributed by atoms with Gasteiger partial charge < -0.3 is 14.2 Å². The van der Waals surface area contributed by atoms with Gasteiger partial charge in [0.2, 0.25) is 0 Å². The molecule has 37 heavy (non-hydrogen) atoms. The van der Waals surface area contributed by atoms with Crippen LogP contribution in [-0.2, 0) is 22.3 Å². The predicted octanol–water partition coefficient (Wildman–Crippen LogP) is 4.15. The molecule has 0 bridgehead atoms. The fraction of sp³-hybridized carbons (Fsp3) is 0.214. The molecule has 2 N–H and O–H groups in total. The van der Waals surface area contributed by atoms with Crippen LogP contribution in [0.25, 0.3) is 21.9 Å². The number of carbonyl (C=O) groups is 1. The maximum atomic E-state index is 12.2. The molecule has 0 unspecified atom stereocenters. The maximum absolute atomic E-state index is 12.2. The van der Waals surface area contributed by atoms with E-state index < -0.39 is 6.09 Å². The van der Waals surface area contributed by atoms with Crippen LogP contribution in [0.5, 0.6) is 5.75 Å². The molecule has 0 fully saturated rings. The van der Waals surface area contributed by atoms with Gasteiger partial charge in [-0.25, -0.2) is 14.9 Å². The fourth-order valence-corrected chi connectivity index (χ4v) is 4.36. The smallest absolute Gasteiger partial charge is 0.412 e. The summed E-state index contributed by atoms with van der Waals surface area (Å²) in [6, 6.07) is 19.5. The highest BCUT2D eigenvalue weighted by molar-refractivity contribution is 6.01. The Morgan fingerprint density at radius 3 is 2.68 bits per heavy atom. The molecule has 0 radical (unpaired) electrons. The lowest BCUT2D eigenvalue weighted by Gasteiger charge is -2.14. The van der Waals surface area contributed by atoms with Crippen LogP contribution in [0.15, 0.2) is 70.5 Å². The van der Waals surface area contributed by atoms with Gasteiger partial charge in [0.25, 0.3) is 5.56 Å². The molecule has 0 saturated carbocycles. The van der Waals surface area contributed by atoms with Crippen LogP contribution < -0.4 is 15.6 Å². The molecule has 4 aromatic rings. The highest BCUT2D eigenvalue weighted by Gasteiger charge is 2.19. The van der Waals surface area contributed by atoms with Gasteiger partial charge in [0, 0.05) is 30.9 Å². The first-order chi connectivity index (χ1) is 18.1. The number of nitrogens with zero attached hydrogens (tertiary/aromatic N) is 2. The third kappa shape index (κ3) is 5.22. The number of benzene rings is 3. The van der Waals surface area contributed by atoms with E-state index in [-0.39, 0.29) is 5.56 Å². The molecule has 0 aliphatic carbocycles. The minimum absolute atomic E-state index is 0.207. The van der Waals surface area contributed by atoms with Gasteiger partial charge in [-0.1, -0.05) is 36.4 Å². The highest BCUT2D eigenvalue weighted by atomic mass is 16.5. The first-order valence-electron chi connectivity index (χ1n) is 11.8. The van der Waals surface area contributed by atoms with Crippen LogP contribution in [0.1, 0.15) is 16.8 Å². The molecular weight excluding hydrogens is 472 g/mol. The second-order valence-electron chi connectivity index (χ2n) is 8.59. The first kappa shape index (κ1) is 24.2. The van der Waals surface area contributed by atoms with Crippen molar-refractivity contribution >= 4 is 28.4 Å². The lowest BCUT2D eigenvalue weighted by atomic mass is 9.97. The predicted molar refractivity (Wildman–Crippen MR) is 141 cm³/mol. The second kappa shape index (κ2) is 10.6. The number of alkyl carbamates (subject to hydrolysis) is 1. The fourth-order valence-electron chi connectivity index (χ4n) is 4.36. The van der Waals surface area contributed by atoms with Crippen molar-refractivity contribution in [2.45, 2.75) is 12.8 Å². The quantitative estimate of drug-likeness (QED) is 0.370. The Kier molecular flexibility index (Phi) is 6.96. The number of carbonyl (C=O) groups excluding carboxylic acids is 1. The minimum atomic E-state index is -0.545. The third-order valence-corrected chi connectivity index (χ3v) is 6.18. The van der Waals surface area contributed by atoms with E-state index in [1.807, 2.05) is 48.5 Å². The number of H-pyrrole nitrogens is 1. The molecule has 0 atom stereocenters. The van der Waals surface area contributed by atoms with E-state index in [2.05, 4.69) is 31.3 Å². The van der Waals surface area contributed by atoms with E-state index >= 15 is 0 Å². The maximum Gasteiger partial charge on any atom is 0.412 e. The Morgan fingerprint density at radius 1 is 1.03 bits per heavy atom.